The number of ether oxygens (including phenoxy) is 1. The molecule has 0 aromatic heterocycles. The molecule has 2 fully saturated rings. The first-order valence-corrected chi connectivity index (χ1v) is 6.38. The molecule has 1 aliphatic heterocycles. The van der Waals surface area contributed by atoms with Gasteiger partial charge in [-0.2, -0.15) is 0 Å². The zero-order valence-electron chi connectivity index (χ0n) is 10.3. The fourth-order valence-corrected chi connectivity index (χ4v) is 2.67. The molecule has 0 aromatic rings. The molecule has 1 aliphatic carbocycles. The molecule has 4 nitrogen and oxygen atoms in total. The van der Waals surface area contributed by atoms with E-state index in [1.54, 1.807) is 0 Å². The van der Waals surface area contributed by atoms with Crippen LogP contribution in [-0.2, 0) is 9.53 Å². The summed E-state index contributed by atoms with van der Waals surface area (Å²) in [5.41, 5.74) is 5.99. The summed E-state index contributed by atoms with van der Waals surface area (Å²) >= 11 is 0. The number of rotatable bonds is 2. The maximum absolute atomic E-state index is 12.1. The van der Waals surface area contributed by atoms with Crippen LogP contribution in [0.3, 0.4) is 0 Å². The van der Waals surface area contributed by atoms with Gasteiger partial charge in [-0.1, -0.05) is 6.42 Å². The lowest BCUT2D eigenvalue weighted by Gasteiger charge is -2.23. The molecule has 0 aromatic carbocycles. The fourth-order valence-electron chi connectivity index (χ4n) is 2.67. The van der Waals surface area contributed by atoms with Crippen molar-refractivity contribution >= 4 is 18.3 Å². The number of halogens is 1. The first-order valence-electron chi connectivity index (χ1n) is 6.38. The van der Waals surface area contributed by atoms with E-state index < -0.39 is 0 Å². The molecule has 1 amide bonds. The smallest absolute Gasteiger partial charge is 0.222 e. The molecular formula is C12H23ClN2O2. The van der Waals surface area contributed by atoms with Crippen LogP contribution < -0.4 is 5.73 Å². The standard InChI is InChI=1S/C12H22N2O2.ClH/c13-11-4-1-3-10(11)9-12(15)14-5-2-7-16-8-6-14;/h10-11H,1-9,13H2;1H/t10-,11+;/m0./s1. The van der Waals surface area contributed by atoms with Crippen LogP contribution in [-0.4, -0.2) is 43.2 Å². The van der Waals surface area contributed by atoms with E-state index >= 15 is 0 Å². The fraction of sp³-hybridized carbons (Fsp3) is 0.917. The van der Waals surface area contributed by atoms with Gasteiger partial charge in [-0.05, 0) is 25.2 Å². The largest absolute Gasteiger partial charge is 0.380 e. The summed E-state index contributed by atoms with van der Waals surface area (Å²) < 4.78 is 5.35. The Morgan fingerprint density at radius 3 is 2.76 bits per heavy atom. The van der Waals surface area contributed by atoms with Crippen molar-refractivity contribution < 1.29 is 9.53 Å². The molecule has 5 heteroatoms. The van der Waals surface area contributed by atoms with Crippen LogP contribution in [0.5, 0.6) is 0 Å². The maximum atomic E-state index is 12.1. The summed E-state index contributed by atoms with van der Waals surface area (Å²) in [4.78, 5) is 14.0. The second-order valence-electron chi connectivity index (χ2n) is 4.91. The van der Waals surface area contributed by atoms with E-state index in [1.807, 2.05) is 4.90 Å². The van der Waals surface area contributed by atoms with E-state index in [1.165, 1.54) is 6.42 Å². The van der Waals surface area contributed by atoms with Gasteiger partial charge in [0.15, 0.2) is 0 Å². The zero-order valence-corrected chi connectivity index (χ0v) is 11.1. The molecule has 2 N–H and O–H groups in total. The lowest BCUT2D eigenvalue weighted by molar-refractivity contribution is -0.132. The third kappa shape index (κ3) is 4.12. The lowest BCUT2D eigenvalue weighted by atomic mass is 9.99. The molecule has 1 saturated carbocycles. The topological polar surface area (TPSA) is 55.6 Å². The van der Waals surface area contributed by atoms with E-state index in [2.05, 4.69) is 0 Å². The van der Waals surface area contributed by atoms with E-state index in [-0.39, 0.29) is 24.4 Å². The normalized spacial score (nSPS) is 29.6. The van der Waals surface area contributed by atoms with Gasteiger partial charge >= 0.3 is 0 Å². The van der Waals surface area contributed by atoms with Crippen molar-refractivity contribution in [3.05, 3.63) is 0 Å². The molecule has 0 unspecified atom stereocenters. The molecule has 17 heavy (non-hydrogen) atoms. The molecule has 0 radical (unpaired) electrons. The summed E-state index contributed by atoms with van der Waals surface area (Å²) in [6, 6.07) is 0.243. The highest BCUT2D eigenvalue weighted by Crippen LogP contribution is 2.27. The Hall–Kier alpha value is -0.320. The van der Waals surface area contributed by atoms with Gasteiger partial charge < -0.3 is 15.4 Å². The van der Waals surface area contributed by atoms with Crippen molar-refractivity contribution in [3.8, 4) is 0 Å². The lowest BCUT2D eigenvalue weighted by Crippen LogP contribution is -2.36. The van der Waals surface area contributed by atoms with E-state index in [0.29, 0.717) is 18.9 Å². The Bertz CT molecular complexity index is 243. The van der Waals surface area contributed by atoms with Crippen LogP contribution in [0.4, 0.5) is 0 Å². The molecular weight excluding hydrogens is 240 g/mol. The van der Waals surface area contributed by atoms with Gasteiger partial charge in [-0.15, -0.1) is 12.4 Å². The summed E-state index contributed by atoms with van der Waals surface area (Å²) in [6.45, 7) is 3.07. The average molecular weight is 263 g/mol. The zero-order chi connectivity index (χ0) is 11.4. The van der Waals surface area contributed by atoms with Crippen LogP contribution in [0.1, 0.15) is 32.1 Å². The minimum atomic E-state index is 0. The summed E-state index contributed by atoms with van der Waals surface area (Å²) in [5.74, 6) is 0.685. The van der Waals surface area contributed by atoms with Crippen molar-refractivity contribution in [2.24, 2.45) is 11.7 Å². The molecule has 0 spiro atoms. The molecule has 2 rings (SSSR count). The highest BCUT2D eigenvalue weighted by Gasteiger charge is 2.28. The number of nitrogens with zero attached hydrogens (tertiary/aromatic N) is 1. The predicted molar refractivity (Wildman–Crippen MR) is 69.2 cm³/mol. The second kappa shape index (κ2) is 7.19. The first-order chi connectivity index (χ1) is 7.77. The Morgan fingerprint density at radius 2 is 2.06 bits per heavy atom. The minimum Gasteiger partial charge on any atom is -0.380 e. The van der Waals surface area contributed by atoms with Crippen molar-refractivity contribution in [2.75, 3.05) is 26.3 Å². The van der Waals surface area contributed by atoms with Gasteiger partial charge in [0.2, 0.25) is 5.91 Å². The quantitative estimate of drug-likeness (QED) is 0.813. The van der Waals surface area contributed by atoms with Crippen LogP contribution in [0.25, 0.3) is 0 Å². The van der Waals surface area contributed by atoms with Gasteiger partial charge in [-0.25, -0.2) is 0 Å². The van der Waals surface area contributed by atoms with E-state index in [0.717, 1.165) is 39.0 Å². The van der Waals surface area contributed by atoms with Crippen molar-refractivity contribution in [1.29, 1.82) is 0 Å². The minimum absolute atomic E-state index is 0. The highest BCUT2D eigenvalue weighted by atomic mass is 35.5. The third-order valence-corrected chi connectivity index (χ3v) is 3.73. The average Bonchev–Trinajstić information content (AvgIpc) is 2.57. The Morgan fingerprint density at radius 1 is 1.24 bits per heavy atom. The van der Waals surface area contributed by atoms with Crippen LogP contribution >= 0.6 is 12.4 Å². The number of amides is 1. The van der Waals surface area contributed by atoms with E-state index in [9.17, 15) is 4.79 Å². The molecule has 100 valence electrons. The van der Waals surface area contributed by atoms with Gasteiger partial charge in [-0.3, -0.25) is 4.79 Å². The van der Waals surface area contributed by atoms with Gasteiger partial charge in [0, 0.05) is 32.2 Å². The predicted octanol–water partition coefficient (Wildman–Crippen LogP) is 1.17. The van der Waals surface area contributed by atoms with Crippen LogP contribution in [0, 0.1) is 5.92 Å². The monoisotopic (exact) mass is 262 g/mol. The summed E-state index contributed by atoms with van der Waals surface area (Å²) in [7, 11) is 0. The number of hydrogen-bond donors (Lipinski definition) is 1. The number of hydrogen-bond acceptors (Lipinski definition) is 3. The van der Waals surface area contributed by atoms with Crippen molar-refractivity contribution in [3.63, 3.8) is 0 Å². The van der Waals surface area contributed by atoms with Crippen LogP contribution in [0.2, 0.25) is 0 Å². The highest BCUT2D eigenvalue weighted by molar-refractivity contribution is 5.85. The maximum Gasteiger partial charge on any atom is 0.222 e. The summed E-state index contributed by atoms with van der Waals surface area (Å²) in [6.07, 6.45) is 4.99. The Kier molecular flexibility index (Phi) is 6.23. The Balaban J connectivity index is 0.00000144. The van der Waals surface area contributed by atoms with Gasteiger partial charge in [0.1, 0.15) is 0 Å². The van der Waals surface area contributed by atoms with Crippen LogP contribution in [0.15, 0.2) is 0 Å². The van der Waals surface area contributed by atoms with Crippen molar-refractivity contribution in [1.82, 2.24) is 4.90 Å². The molecule has 0 bridgehead atoms. The first kappa shape index (κ1) is 14.7. The molecule has 2 atom stereocenters. The molecule has 1 saturated heterocycles. The van der Waals surface area contributed by atoms with Gasteiger partial charge in [0.25, 0.3) is 0 Å². The molecule has 1 heterocycles. The second-order valence-corrected chi connectivity index (χ2v) is 4.91. The number of carbonyl (C=O) groups is 1. The Labute approximate surface area is 109 Å². The SMILES string of the molecule is Cl.N[C@@H]1CCC[C@H]1CC(=O)N1CCCOCC1. The third-order valence-electron chi connectivity index (χ3n) is 3.73. The molecule has 2 aliphatic rings. The number of nitrogens with two attached hydrogens (primary N) is 1. The number of carbonyl (C=O) groups excluding carboxylic acids is 1. The van der Waals surface area contributed by atoms with E-state index in [4.69, 9.17) is 10.5 Å². The summed E-state index contributed by atoms with van der Waals surface area (Å²) in [5, 5.41) is 0. The van der Waals surface area contributed by atoms with Crippen molar-refractivity contribution in [2.45, 2.75) is 38.1 Å². The van der Waals surface area contributed by atoms with Gasteiger partial charge in [0.05, 0.1) is 6.61 Å².